The second kappa shape index (κ2) is 7.29. The summed E-state index contributed by atoms with van der Waals surface area (Å²) >= 11 is 0. The molecule has 0 spiro atoms. The van der Waals surface area contributed by atoms with Crippen molar-refractivity contribution < 1.29 is 0 Å². The lowest BCUT2D eigenvalue weighted by Gasteiger charge is -2.25. The van der Waals surface area contributed by atoms with Crippen molar-refractivity contribution in [1.82, 2.24) is 10.6 Å². The van der Waals surface area contributed by atoms with E-state index in [1.165, 1.54) is 77.3 Å². The molecule has 2 heteroatoms. The van der Waals surface area contributed by atoms with E-state index in [4.69, 9.17) is 0 Å². The second-order valence-electron chi connectivity index (χ2n) is 5.58. The van der Waals surface area contributed by atoms with Crippen LogP contribution in [0.3, 0.4) is 0 Å². The lowest BCUT2D eigenvalue weighted by molar-refractivity contribution is 0.347. The number of hydrogen-bond donors (Lipinski definition) is 2. The van der Waals surface area contributed by atoms with E-state index in [9.17, 15) is 0 Å². The SMILES string of the molecule is C1CCC(CCCCC2CCCCN2)NC1. The van der Waals surface area contributed by atoms with Crippen LogP contribution in [0, 0.1) is 0 Å². The van der Waals surface area contributed by atoms with Gasteiger partial charge in [0.1, 0.15) is 0 Å². The number of rotatable bonds is 5. The van der Waals surface area contributed by atoms with Crippen molar-refractivity contribution in [2.45, 2.75) is 76.3 Å². The molecular weight excluding hydrogens is 196 g/mol. The fourth-order valence-electron chi connectivity index (χ4n) is 3.12. The summed E-state index contributed by atoms with van der Waals surface area (Å²) in [6.45, 7) is 2.52. The number of hydrogen-bond acceptors (Lipinski definition) is 2. The van der Waals surface area contributed by atoms with Crippen LogP contribution in [0.5, 0.6) is 0 Å². The van der Waals surface area contributed by atoms with Crippen LogP contribution in [0.25, 0.3) is 0 Å². The maximum atomic E-state index is 3.64. The molecule has 0 aliphatic carbocycles. The third-order valence-electron chi connectivity index (χ3n) is 4.18. The molecule has 2 fully saturated rings. The Balaban J connectivity index is 1.47. The molecule has 16 heavy (non-hydrogen) atoms. The molecule has 0 radical (unpaired) electrons. The Bertz CT molecular complexity index is 150. The van der Waals surface area contributed by atoms with E-state index in [1.54, 1.807) is 0 Å². The van der Waals surface area contributed by atoms with Crippen LogP contribution < -0.4 is 10.6 Å². The van der Waals surface area contributed by atoms with Gasteiger partial charge in [0.15, 0.2) is 0 Å². The summed E-state index contributed by atoms with van der Waals surface area (Å²) < 4.78 is 0. The Morgan fingerprint density at radius 1 is 0.688 bits per heavy atom. The smallest absolute Gasteiger partial charge is 0.00670 e. The van der Waals surface area contributed by atoms with Crippen molar-refractivity contribution in [1.29, 1.82) is 0 Å². The van der Waals surface area contributed by atoms with Crippen molar-refractivity contribution >= 4 is 0 Å². The maximum absolute atomic E-state index is 3.64. The fourth-order valence-corrected chi connectivity index (χ4v) is 3.12. The Labute approximate surface area is 101 Å². The lowest BCUT2D eigenvalue weighted by Crippen LogP contribution is -2.34. The molecule has 2 saturated heterocycles. The summed E-state index contributed by atoms with van der Waals surface area (Å²) in [6, 6.07) is 1.68. The largest absolute Gasteiger partial charge is 0.314 e. The summed E-state index contributed by atoms with van der Waals surface area (Å²) in [6.07, 6.45) is 14.2. The van der Waals surface area contributed by atoms with E-state index >= 15 is 0 Å². The standard InChI is InChI=1S/C14H28N2/c1(7-13-9-3-5-11-15-13)2-8-14-10-4-6-12-16-14/h13-16H,1-12H2. The predicted octanol–water partition coefficient (Wildman–Crippen LogP) is 2.83. The van der Waals surface area contributed by atoms with Gasteiger partial charge in [-0.3, -0.25) is 0 Å². The zero-order chi connectivity index (χ0) is 11.1. The zero-order valence-corrected chi connectivity index (χ0v) is 10.6. The third kappa shape index (κ3) is 4.42. The van der Waals surface area contributed by atoms with Gasteiger partial charge in [0.2, 0.25) is 0 Å². The predicted molar refractivity (Wildman–Crippen MR) is 69.8 cm³/mol. The minimum Gasteiger partial charge on any atom is -0.314 e. The summed E-state index contributed by atoms with van der Waals surface area (Å²) in [5, 5.41) is 7.28. The van der Waals surface area contributed by atoms with Crippen molar-refractivity contribution in [3.63, 3.8) is 0 Å². The number of nitrogens with one attached hydrogen (secondary N) is 2. The van der Waals surface area contributed by atoms with Gasteiger partial charge in [-0.05, 0) is 51.6 Å². The Hall–Kier alpha value is -0.0800. The monoisotopic (exact) mass is 224 g/mol. The first-order valence-electron chi connectivity index (χ1n) is 7.42. The maximum Gasteiger partial charge on any atom is 0.00670 e. The first kappa shape index (κ1) is 12.4. The Morgan fingerprint density at radius 3 is 1.56 bits per heavy atom. The molecule has 0 bridgehead atoms. The van der Waals surface area contributed by atoms with Gasteiger partial charge in [-0.15, -0.1) is 0 Å². The van der Waals surface area contributed by atoms with E-state index in [0.717, 1.165) is 12.1 Å². The van der Waals surface area contributed by atoms with E-state index in [-0.39, 0.29) is 0 Å². The highest BCUT2D eigenvalue weighted by molar-refractivity contribution is 4.74. The third-order valence-corrected chi connectivity index (χ3v) is 4.18. The highest BCUT2D eigenvalue weighted by Gasteiger charge is 2.14. The molecule has 2 nitrogen and oxygen atoms in total. The van der Waals surface area contributed by atoms with E-state index in [0.29, 0.717) is 0 Å². The molecule has 0 amide bonds. The van der Waals surface area contributed by atoms with Crippen molar-refractivity contribution in [2.24, 2.45) is 0 Å². The van der Waals surface area contributed by atoms with Crippen LogP contribution in [-0.4, -0.2) is 25.2 Å². The summed E-state index contributed by atoms with van der Waals surface area (Å²) in [5.74, 6) is 0. The number of unbranched alkanes of at least 4 members (excludes halogenated alkanes) is 1. The quantitative estimate of drug-likeness (QED) is 0.702. The fraction of sp³-hybridized carbons (Fsp3) is 1.00. The van der Waals surface area contributed by atoms with Gasteiger partial charge in [-0.25, -0.2) is 0 Å². The molecule has 2 rings (SSSR count). The second-order valence-corrected chi connectivity index (χ2v) is 5.58. The molecule has 2 heterocycles. The summed E-state index contributed by atoms with van der Waals surface area (Å²) in [7, 11) is 0. The highest BCUT2D eigenvalue weighted by atomic mass is 14.9. The summed E-state index contributed by atoms with van der Waals surface area (Å²) in [4.78, 5) is 0. The topological polar surface area (TPSA) is 24.1 Å². The Kier molecular flexibility index (Phi) is 5.64. The molecule has 2 aliphatic rings. The zero-order valence-electron chi connectivity index (χ0n) is 10.6. The molecule has 0 aromatic carbocycles. The average Bonchev–Trinajstić information content (AvgIpc) is 2.37. The van der Waals surface area contributed by atoms with Crippen LogP contribution in [0.15, 0.2) is 0 Å². The minimum atomic E-state index is 0.841. The average molecular weight is 224 g/mol. The van der Waals surface area contributed by atoms with Crippen LogP contribution in [0.4, 0.5) is 0 Å². The molecule has 94 valence electrons. The molecule has 2 aliphatic heterocycles. The van der Waals surface area contributed by atoms with Crippen molar-refractivity contribution in [3.05, 3.63) is 0 Å². The molecule has 2 unspecified atom stereocenters. The first-order chi connectivity index (χ1) is 7.95. The van der Waals surface area contributed by atoms with Crippen LogP contribution in [0.2, 0.25) is 0 Å². The molecule has 2 atom stereocenters. The van der Waals surface area contributed by atoms with Crippen molar-refractivity contribution in [2.75, 3.05) is 13.1 Å². The Morgan fingerprint density at radius 2 is 1.19 bits per heavy atom. The summed E-state index contributed by atoms with van der Waals surface area (Å²) in [5.41, 5.74) is 0. The van der Waals surface area contributed by atoms with Crippen LogP contribution >= 0.6 is 0 Å². The molecule has 0 saturated carbocycles. The van der Waals surface area contributed by atoms with Gasteiger partial charge >= 0.3 is 0 Å². The molecule has 2 N–H and O–H groups in total. The van der Waals surface area contributed by atoms with Crippen LogP contribution in [-0.2, 0) is 0 Å². The van der Waals surface area contributed by atoms with E-state index < -0.39 is 0 Å². The number of piperidine rings is 2. The first-order valence-corrected chi connectivity index (χ1v) is 7.42. The minimum absolute atomic E-state index is 0.841. The van der Waals surface area contributed by atoms with Gasteiger partial charge in [0.25, 0.3) is 0 Å². The van der Waals surface area contributed by atoms with E-state index in [1.807, 2.05) is 0 Å². The van der Waals surface area contributed by atoms with Gasteiger partial charge in [0, 0.05) is 12.1 Å². The highest BCUT2D eigenvalue weighted by Crippen LogP contribution is 2.16. The van der Waals surface area contributed by atoms with E-state index in [2.05, 4.69) is 10.6 Å². The molecule has 0 aromatic heterocycles. The van der Waals surface area contributed by atoms with Gasteiger partial charge < -0.3 is 10.6 Å². The van der Waals surface area contributed by atoms with Gasteiger partial charge in [-0.1, -0.05) is 25.7 Å². The van der Waals surface area contributed by atoms with Crippen LogP contribution in [0.1, 0.15) is 64.2 Å². The molecular formula is C14H28N2. The molecule has 0 aromatic rings. The van der Waals surface area contributed by atoms with Gasteiger partial charge in [0.05, 0.1) is 0 Å². The normalized spacial score (nSPS) is 31.5. The van der Waals surface area contributed by atoms with Crippen molar-refractivity contribution in [3.8, 4) is 0 Å². The van der Waals surface area contributed by atoms with Gasteiger partial charge in [-0.2, -0.15) is 0 Å². The lowest BCUT2D eigenvalue weighted by atomic mass is 9.96.